The van der Waals surface area contributed by atoms with E-state index < -0.39 is 57.8 Å². The summed E-state index contributed by atoms with van der Waals surface area (Å²) in [6, 6.07) is 0. The Bertz CT molecular complexity index is 1530. The van der Waals surface area contributed by atoms with Gasteiger partial charge in [0.25, 0.3) is 0 Å². The highest BCUT2D eigenvalue weighted by Gasteiger charge is 2.28. The molecule has 0 saturated carbocycles. The van der Waals surface area contributed by atoms with Crippen molar-refractivity contribution in [3.63, 3.8) is 0 Å². The highest BCUT2D eigenvalue weighted by molar-refractivity contribution is 7.47. The van der Waals surface area contributed by atoms with Crippen LogP contribution in [0.25, 0.3) is 0 Å². The Morgan fingerprint density at radius 1 is 0.403 bits per heavy atom. The molecule has 12 heteroatoms. The van der Waals surface area contributed by atoms with Crippen LogP contribution in [0.3, 0.4) is 0 Å². The standard InChI is InChI=1S/C60H103O11P/c1-4-7-10-13-16-19-22-25-26-27-28-29-30-33-36-39-42-45-48-51-60(64)71-57(53-67-58(62)49-46-43-40-37-34-31-23-20-17-14-11-8-5-2)55-69-72(65,66)68-54-56(52-61)70-59(63)50-47-44-41-38-35-32-24-21-18-15-12-9-6-3/h7,10,16,19-20,23,25-26,28-29,33,36,42,45,56-57,61H,4-6,8-9,11-15,17-18,21-22,24,27,30-32,34-35,37-41,43-44,46-55H2,1-3H3,(H,65,66)/b10-7-,19-16-,23-20-,26-25-,29-28-,36-33-,45-42-. The average Bonchev–Trinajstić information content (AvgIpc) is 3.37. The minimum absolute atomic E-state index is 0.0392. The number of ether oxygens (including phenoxy) is 3. The fourth-order valence-electron chi connectivity index (χ4n) is 7.49. The van der Waals surface area contributed by atoms with Crippen molar-refractivity contribution in [3.05, 3.63) is 85.1 Å². The zero-order valence-electron chi connectivity index (χ0n) is 45.6. The Labute approximate surface area is 439 Å². The van der Waals surface area contributed by atoms with Gasteiger partial charge in [-0.2, -0.15) is 0 Å². The minimum Gasteiger partial charge on any atom is -0.462 e. The summed E-state index contributed by atoms with van der Waals surface area (Å²) in [6.07, 6.45) is 61.3. The summed E-state index contributed by atoms with van der Waals surface area (Å²) in [6.45, 7) is 4.42. The molecule has 0 aromatic heterocycles. The number of hydrogen-bond donors (Lipinski definition) is 2. The van der Waals surface area contributed by atoms with Gasteiger partial charge in [-0.3, -0.25) is 23.4 Å². The van der Waals surface area contributed by atoms with E-state index in [1.807, 2.05) is 12.2 Å². The molecule has 0 aliphatic rings. The molecule has 0 rings (SSSR count). The predicted molar refractivity (Wildman–Crippen MR) is 298 cm³/mol. The van der Waals surface area contributed by atoms with Crippen LogP contribution in [0.4, 0.5) is 0 Å². The van der Waals surface area contributed by atoms with Gasteiger partial charge >= 0.3 is 25.7 Å². The van der Waals surface area contributed by atoms with Crippen LogP contribution < -0.4 is 0 Å². The number of carbonyl (C=O) groups is 3. The molecule has 0 bridgehead atoms. The second-order valence-electron chi connectivity index (χ2n) is 18.7. The first-order valence-electron chi connectivity index (χ1n) is 28.5. The number of esters is 3. The van der Waals surface area contributed by atoms with E-state index in [4.69, 9.17) is 23.3 Å². The van der Waals surface area contributed by atoms with Crippen molar-refractivity contribution in [2.75, 3.05) is 26.4 Å². The highest BCUT2D eigenvalue weighted by atomic mass is 31.2. The number of phosphoric ester groups is 1. The lowest BCUT2D eigenvalue weighted by Gasteiger charge is -2.21. The quantitative estimate of drug-likeness (QED) is 0.0197. The fraction of sp³-hybridized carbons (Fsp3) is 0.717. The molecule has 0 saturated heterocycles. The molecule has 3 unspecified atom stereocenters. The summed E-state index contributed by atoms with van der Waals surface area (Å²) in [5, 5.41) is 9.80. The number of rotatable bonds is 52. The second-order valence-corrected chi connectivity index (χ2v) is 20.2. The van der Waals surface area contributed by atoms with E-state index in [9.17, 15) is 28.9 Å². The SMILES string of the molecule is CC/C=C\C/C=C\C/C=C\C/C=C\C/C=C\C/C=C\CCC(=O)OC(COC(=O)CCCCCCC/C=C\CCCCCC)COP(=O)(O)OCC(CO)OC(=O)CCCCCCCCCCCCCCC. The molecule has 0 fully saturated rings. The third-order valence-electron chi connectivity index (χ3n) is 11.8. The second kappa shape index (κ2) is 53.9. The van der Waals surface area contributed by atoms with Crippen molar-refractivity contribution in [1.29, 1.82) is 0 Å². The Morgan fingerprint density at radius 2 is 0.750 bits per heavy atom. The molecule has 0 radical (unpaired) electrons. The minimum atomic E-state index is -4.77. The molecule has 0 aromatic carbocycles. The smallest absolute Gasteiger partial charge is 0.462 e. The maximum Gasteiger partial charge on any atom is 0.472 e. The van der Waals surface area contributed by atoms with Crippen molar-refractivity contribution in [2.24, 2.45) is 0 Å². The first kappa shape index (κ1) is 68.7. The molecule has 0 spiro atoms. The van der Waals surface area contributed by atoms with Gasteiger partial charge in [-0.1, -0.05) is 221 Å². The molecule has 0 aromatic rings. The topological polar surface area (TPSA) is 155 Å². The van der Waals surface area contributed by atoms with Crippen molar-refractivity contribution in [1.82, 2.24) is 0 Å². The molecule has 0 heterocycles. The van der Waals surface area contributed by atoms with Crippen LogP contribution in [0.15, 0.2) is 85.1 Å². The fourth-order valence-corrected chi connectivity index (χ4v) is 8.28. The van der Waals surface area contributed by atoms with Gasteiger partial charge in [0, 0.05) is 19.3 Å². The maximum absolute atomic E-state index is 12.9. The Kier molecular flexibility index (Phi) is 51.4. The predicted octanol–water partition coefficient (Wildman–Crippen LogP) is 16.7. The van der Waals surface area contributed by atoms with Crippen LogP contribution in [0.2, 0.25) is 0 Å². The van der Waals surface area contributed by atoms with Crippen molar-refractivity contribution >= 4 is 25.7 Å². The molecule has 72 heavy (non-hydrogen) atoms. The normalized spacial score (nSPS) is 14.0. The number of carbonyl (C=O) groups excluding carboxylic acids is 3. The summed E-state index contributed by atoms with van der Waals surface area (Å²) in [7, 11) is -4.77. The van der Waals surface area contributed by atoms with Gasteiger partial charge in [-0.25, -0.2) is 4.57 Å². The molecule has 0 amide bonds. The summed E-state index contributed by atoms with van der Waals surface area (Å²) in [5.74, 6) is -1.58. The Hall–Kier alpha value is -3.34. The van der Waals surface area contributed by atoms with Crippen LogP contribution in [-0.2, 0) is 42.2 Å². The summed E-state index contributed by atoms with van der Waals surface area (Å²) in [4.78, 5) is 48.4. The highest BCUT2D eigenvalue weighted by Crippen LogP contribution is 2.43. The maximum atomic E-state index is 12.9. The Morgan fingerprint density at radius 3 is 1.21 bits per heavy atom. The van der Waals surface area contributed by atoms with Gasteiger partial charge in [0.1, 0.15) is 12.7 Å². The first-order chi connectivity index (χ1) is 35.2. The van der Waals surface area contributed by atoms with E-state index in [0.29, 0.717) is 25.7 Å². The first-order valence-corrected chi connectivity index (χ1v) is 30.0. The zero-order chi connectivity index (χ0) is 52.7. The molecule has 0 aliphatic heterocycles. The van der Waals surface area contributed by atoms with E-state index >= 15 is 0 Å². The largest absolute Gasteiger partial charge is 0.472 e. The lowest BCUT2D eigenvalue weighted by Crippen LogP contribution is -2.30. The number of aliphatic hydroxyl groups is 1. The van der Waals surface area contributed by atoms with Gasteiger partial charge in [0.2, 0.25) is 0 Å². The third-order valence-corrected chi connectivity index (χ3v) is 12.8. The lowest BCUT2D eigenvalue weighted by molar-refractivity contribution is -0.161. The van der Waals surface area contributed by atoms with E-state index in [-0.39, 0.29) is 25.9 Å². The zero-order valence-corrected chi connectivity index (χ0v) is 46.5. The van der Waals surface area contributed by atoms with Crippen molar-refractivity contribution in [3.8, 4) is 0 Å². The lowest BCUT2D eigenvalue weighted by atomic mass is 10.0. The van der Waals surface area contributed by atoms with Crippen LogP contribution in [-0.4, -0.2) is 66.5 Å². The molecule has 0 aliphatic carbocycles. The van der Waals surface area contributed by atoms with Crippen molar-refractivity contribution in [2.45, 2.75) is 251 Å². The number of phosphoric acid groups is 1. The molecule has 3 atom stereocenters. The van der Waals surface area contributed by atoms with Crippen molar-refractivity contribution < 1.29 is 52.2 Å². The van der Waals surface area contributed by atoms with Crippen LogP contribution in [0, 0.1) is 0 Å². The summed E-state index contributed by atoms with van der Waals surface area (Å²) in [5.41, 5.74) is 0. The number of aliphatic hydroxyl groups excluding tert-OH is 1. The van der Waals surface area contributed by atoms with E-state index in [0.717, 1.165) is 89.9 Å². The van der Waals surface area contributed by atoms with Gasteiger partial charge in [0.15, 0.2) is 6.10 Å². The molecule has 11 nitrogen and oxygen atoms in total. The van der Waals surface area contributed by atoms with Gasteiger partial charge < -0.3 is 24.2 Å². The number of allylic oxidation sites excluding steroid dienone is 14. The van der Waals surface area contributed by atoms with Gasteiger partial charge in [0.05, 0.1) is 19.8 Å². The summed E-state index contributed by atoms with van der Waals surface area (Å²) >= 11 is 0. The number of unbranched alkanes of at least 4 members (excludes halogenated alkanes) is 21. The molecular formula is C60H103O11P. The average molecular weight is 1030 g/mol. The van der Waals surface area contributed by atoms with Crippen LogP contribution in [0.1, 0.15) is 239 Å². The van der Waals surface area contributed by atoms with Gasteiger partial charge in [-0.15, -0.1) is 0 Å². The van der Waals surface area contributed by atoms with Crippen LogP contribution in [0.5, 0.6) is 0 Å². The molecular weight excluding hydrogens is 928 g/mol. The monoisotopic (exact) mass is 1030 g/mol. The third kappa shape index (κ3) is 51.6. The Balaban J connectivity index is 4.84. The van der Waals surface area contributed by atoms with E-state index in [2.05, 4.69) is 93.7 Å². The number of hydrogen-bond acceptors (Lipinski definition) is 10. The summed E-state index contributed by atoms with van der Waals surface area (Å²) < 4.78 is 39.4. The van der Waals surface area contributed by atoms with E-state index in [1.165, 1.54) is 83.5 Å². The molecule has 2 N–H and O–H groups in total. The molecule has 414 valence electrons. The van der Waals surface area contributed by atoms with Gasteiger partial charge in [-0.05, 0) is 83.5 Å². The van der Waals surface area contributed by atoms with E-state index in [1.54, 1.807) is 0 Å². The van der Waals surface area contributed by atoms with Crippen LogP contribution >= 0.6 is 7.82 Å².